The minimum absolute atomic E-state index is 0.179. The Morgan fingerprint density at radius 3 is 2.69 bits per heavy atom. The van der Waals surface area contributed by atoms with Crippen LogP contribution >= 0.6 is 11.8 Å². The molecule has 1 rings (SSSR count). The molecule has 0 unspecified atom stereocenters. The minimum Gasteiger partial charge on any atom is -0.480 e. The molecule has 1 fully saturated rings. The van der Waals surface area contributed by atoms with Crippen LogP contribution in [0.15, 0.2) is 0 Å². The number of carboxylic acid groups (broad SMARTS) is 1. The summed E-state index contributed by atoms with van der Waals surface area (Å²) in [6, 6.07) is -0.274. The molecule has 0 aromatic heterocycles. The Bertz CT molecular complexity index is 200. The van der Waals surface area contributed by atoms with Gasteiger partial charge in [-0.2, -0.15) is 0 Å². The van der Waals surface area contributed by atoms with Crippen LogP contribution in [0.1, 0.15) is 20.8 Å². The molecule has 0 aliphatic carbocycles. The first-order valence-corrected chi connectivity index (χ1v) is 5.60. The Labute approximate surface area is 83.5 Å². The van der Waals surface area contributed by atoms with Gasteiger partial charge in [0.25, 0.3) is 0 Å². The first kappa shape index (κ1) is 10.9. The van der Waals surface area contributed by atoms with Gasteiger partial charge in [-0.1, -0.05) is 20.8 Å². The topological polar surface area (TPSA) is 40.5 Å². The lowest BCUT2D eigenvalue weighted by atomic mass is 9.96. The number of carboxylic acids is 1. The summed E-state index contributed by atoms with van der Waals surface area (Å²) in [6.45, 7) is 7.26. The molecule has 1 saturated heterocycles. The third-order valence-corrected chi connectivity index (χ3v) is 3.00. The Balaban J connectivity index is 2.54. The first-order chi connectivity index (χ1) is 5.90. The quantitative estimate of drug-likeness (QED) is 0.738. The van der Waals surface area contributed by atoms with Crippen LogP contribution in [0.2, 0.25) is 0 Å². The Morgan fingerprint density at radius 2 is 2.23 bits per heavy atom. The van der Waals surface area contributed by atoms with E-state index >= 15 is 0 Å². The van der Waals surface area contributed by atoms with Crippen molar-refractivity contribution in [2.45, 2.75) is 26.8 Å². The molecule has 0 radical (unpaired) electrons. The molecule has 1 aliphatic rings. The van der Waals surface area contributed by atoms with E-state index in [1.807, 2.05) is 4.90 Å². The molecule has 0 bridgehead atoms. The highest BCUT2D eigenvalue weighted by atomic mass is 32.2. The van der Waals surface area contributed by atoms with Crippen LogP contribution in [0.5, 0.6) is 0 Å². The van der Waals surface area contributed by atoms with Crippen molar-refractivity contribution in [3.05, 3.63) is 0 Å². The van der Waals surface area contributed by atoms with Gasteiger partial charge in [-0.05, 0) is 5.41 Å². The summed E-state index contributed by atoms with van der Waals surface area (Å²) in [4.78, 5) is 12.9. The second kappa shape index (κ2) is 3.88. The number of hydrogen-bond donors (Lipinski definition) is 1. The molecule has 1 atom stereocenters. The van der Waals surface area contributed by atoms with E-state index in [2.05, 4.69) is 20.8 Å². The van der Waals surface area contributed by atoms with Gasteiger partial charge in [0.2, 0.25) is 0 Å². The molecule has 0 spiro atoms. The van der Waals surface area contributed by atoms with Gasteiger partial charge in [0.1, 0.15) is 6.04 Å². The number of nitrogens with zero attached hydrogens (tertiary/aromatic N) is 1. The average Bonchev–Trinajstić information content (AvgIpc) is 2.31. The summed E-state index contributed by atoms with van der Waals surface area (Å²) < 4.78 is 0. The lowest BCUT2D eigenvalue weighted by molar-refractivity contribution is -0.142. The van der Waals surface area contributed by atoms with Crippen molar-refractivity contribution in [1.82, 2.24) is 4.90 Å². The molecule has 1 N–H and O–H groups in total. The fraction of sp³-hybridized carbons (Fsp3) is 0.889. The number of aliphatic carboxylic acids is 1. The number of carbonyl (C=O) groups is 1. The zero-order chi connectivity index (χ0) is 10.1. The van der Waals surface area contributed by atoms with Gasteiger partial charge < -0.3 is 5.11 Å². The predicted molar refractivity (Wildman–Crippen MR) is 54.9 cm³/mol. The maximum atomic E-state index is 10.8. The van der Waals surface area contributed by atoms with Crippen LogP contribution in [0, 0.1) is 5.41 Å². The van der Waals surface area contributed by atoms with Crippen molar-refractivity contribution in [1.29, 1.82) is 0 Å². The maximum Gasteiger partial charge on any atom is 0.321 e. The van der Waals surface area contributed by atoms with E-state index in [-0.39, 0.29) is 11.5 Å². The van der Waals surface area contributed by atoms with Crippen LogP contribution in [-0.2, 0) is 4.79 Å². The summed E-state index contributed by atoms with van der Waals surface area (Å²) >= 11 is 1.70. The van der Waals surface area contributed by atoms with Crippen LogP contribution in [0.3, 0.4) is 0 Å². The van der Waals surface area contributed by atoms with E-state index in [9.17, 15) is 4.79 Å². The van der Waals surface area contributed by atoms with Gasteiger partial charge >= 0.3 is 5.97 Å². The van der Waals surface area contributed by atoms with Gasteiger partial charge in [-0.25, -0.2) is 0 Å². The van der Waals surface area contributed by atoms with Gasteiger partial charge in [0.15, 0.2) is 0 Å². The van der Waals surface area contributed by atoms with E-state index in [4.69, 9.17) is 5.11 Å². The predicted octanol–water partition coefficient (Wildman–Crippen LogP) is 1.49. The first-order valence-electron chi connectivity index (χ1n) is 4.45. The third-order valence-electron chi connectivity index (χ3n) is 1.94. The van der Waals surface area contributed by atoms with Crippen LogP contribution in [-0.4, -0.2) is 40.2 Å². The molecule has 76 valence electrons. The molecule has 0 amide bonds. The summed E-state index contributed by atoms with van der Waals surface area (Å²) in [6.07, 6.45) is 0. The van der Waals surface area contributed by atoms with E-state index in [1.54, 1.807) is 11.8 Å². The smallest absolute Gasteiger partial charge is 0.321 e. The highest BCUT2D eigenvalue weighted by Gasteiger charge is 2.33. The average molecular weight is 203 g/mol. The highest BCUT2D eigenvalue weighted by molar-refractivity contribution is 7.99. The fourth-order valence-corrected chi connectivity index (χ4v) is 2.66. The normalized spacial score (nSPS) is 25.0. The lowest BCUT2D eigenvalue weighted by Gasteiger charge is -2.28. The summed E-state index contributed by atoms with van der Waals surface area (Å²) in [7, 11) is 0. The molecule has 0 saturated carbocycles. The SMILES string of the molecule is CC(C)(C)CN1CSC[C@H]1C(=O)O. The van der Waals surface area contributed by atoms with Crippen molar-refractivity contribution in [2.75, 3.05) is 18.2 Å². The standard InChI is InChI=1S/C9H17NO2S/c1-9(2,3)5-10-6-13-4-7(10)8(11)12/h7H,4-6H2,1-3H3,(H,11,12)/t7-/m0/s1. The third kappa shape index (κ3) is 3.19. The second-order valence-electron chi connectivity index (χ2n) is 4.66. The molecule has 0 aromatic rings. The molecule has 13 heavy (non-hydrogen) atoms. The number of hydrogen-bond acceptors (Lipinski definition) is 3. The van der Waals surface area contributed by atoms with Crippen molar-refractivity contribution in [3.8, 4) is 0 Å². The molecule has 0 aromatic carbocycles. The zero-order valence-electron chi connectivity index (χ0n) is 8.41. The van der Waals surface area contributed by atoms with Crippen molar-refractivity contribution in [2.24, 2.45) is 5.41 Å². The molecule has 1 heterocycles. The Morgan fingerprint density at radius 1 is 1.62 bits per heavy atom. The van der Waals surface area contributed by atoms with Crippen molar-refractivity contribution in [3.63, 3.8) is 0 Å². The number of thioether (sulfide) groups is 1. The van der Waals surface area contributed by atoms with Crippen molar-refractivity contribution < 1.29 is 9.90 Å². The largest absolute Gasteiger partial charge is 0.480 e. The van der Waals surface area contributed by atoms with Crippen molar-refractivity contribution >= 4 is 17.7 Å². The zero-order valence-corrected chi connectivity index (χ0v) is 9.23. The molecule has 3 nitrogen and oxygen atoms in total. The van der Waals surface area contributed by atoms with Gasteiger partial charge in [-0.15, -0.1) is 11.8 Å². The Hall–Kier alpha value is -0.220. The Kier molecular flexibility index (Phi) is 3.24. The molecular weight excluding hydrogens is 186 g/mol. The fourth-order valence-electron chi connectivity index (χ4n) is 1.47. The highest BCUT2D eigenvalue weighted by Crippen LogP contribution is 2.25. The van der Waals surface area contributed by atoms with Crippen LogP contribution < -0.4 is 0 Å². The van der Waals surface area contributed by atoms with Gasteiger partial charge in [0.05, 0.1) is 0 Å². The monoisotopic (exact) mass is 203 g/mol. The summed E-state index contributed by atoms with van der Waals surface area (Å²) in [5.74, 6) is 0.897. The minimum atomic E-state index is -0.686. The maximum absolute atomic E-state index is 10.8. The molecule has 4 heteroatoms. The van der Waals surface area contributed by atoms with E-state index < -0.39 is 5.97 Å². The molecular formula is C9H17NO2S. The number of rotatable bonds is 2. The summed E-state index contributed by atoms with van der Waals surface area (Å²) in [5, 5.41) is 8.93. The van der Waals surface area contributed by atoms with E-state index in [0.29, 0.717) is 0 Å². The van der Waals surface area contributed by atoms with Gasteiger partial charge in [0, 0.05) is 18.2 Å². The van der Waals surface area contributed by atoms with E-state index in [1.165, 1.54) is 0 Å². The second-order valence-corrected chi connectivity index (χ2v) is 5.66. The van der Waals surface area contributed by atoms with Gasteiger partial charge in [-0.3, -0.25) is 9.69 Å². The van der Waals surface area contributed by atoms with Crippen LogP contribution in [0.4, 0.5) is 0 Å². The molecule has 1 aliphatic heterocycles. The lowest BCUT2D eigenvalue weighted by Crippen LogP contribution is -2.42. The summed E-state index contributed by atoms with van der Waals surface area (Å²) in [5.41, 5.74) is 0.179. The van der Waals surface area contributed by atoms with Crippen LogP contribution in [0.25, 0.3) is 0 Å². The van der Waals surface area contributed by atoms with E-state index in [0.717, 1.165) is 18.2 Å².